The fraction of sp³-hybridized carbons (Fsp3) is 0. The maximum atomic E-state index is 9.67. The van der Waals surface area contributed by atoms with E-state index in [2.05, 4.69) is 20.6 Å². The molecule has 1 aromatic rings. The van der Waals surface area contributed by atoms with Gasteiger partial charge in [0.05, 0.1) is 12.4 Å². The lowest BCUT2D eigenvalue weighted by atomic mass is 10.5. The van der Waals surface area contributed by atoms with Crippen molar-refractivity contribution in [3.05, 3.63) is 12.4 Å². The van der Waals surface area contributed by atoms with Crippen LogP contribution < -0.4 is 0 Å². The van der Waals surface area contributed by atoms with Crippen LogP contribution in [-0.2, 0) is 0 Å². The molecule has 0 aromatic carbocycles. The summed E-state index contributed by atoms with van der Waals surface area (Å²) in [5.41, 5.74) is 0. The SMILES string of the molecule is FB(F)F.c1cnnnn1. The van der Waals surface area contributed by atoms with Crippen LogP contribution in [0, 0.1) is 0 Å². The molecule has 4 nitrogen and oxygen atoms in total. The average molecular weight is 150 g/mol. The molecule has 0 N–H and O–H groups in total. The summed E-state index contributed by atoms with van der Waals surface area (Å²) in [6, 6.07) is 0. The predicted octanol–water partition coefficient (Wildman–Crippen LogP) is 0.146. The highest BCUT2D eigenvalue weighted by molar-refractivity contribution is 6.33. The van der Waals surface area contributed by atoms with Crippen LogP contribution in [0.1, 0.15) is 0 Å². The Morgan fingerprint density at radius 1 is 0.900 bits per heavy atom. The van der Waals surface area contributed by atoms with E-state index >= 15 is 0 Å². The van der Waals surface area contributed by atoms with Gasteiger partial charge in [-0.25, -0.2) is 0 Å². The Bertz CT molecular complexity index is 119. The van der Waals surface area contributed by atoms with Gasteiger partial charge >= 0.3 is 7.54 Å². The molecule has 8 heteroatoms. The van der Waals surface area contributed by atoms with E-state index in [1.807, 2.05) is 0 Å². The Morgan fingerprint density at radius 2 is 1.20 bits per heavy atom. The van der Waals surface area contributed by atoms with Crippen molar-refractivity contribution in [1.29, 1.82) is 0 Å². The third kappa shape index (κ3) is 9.92. The van der Waals surface area contributed by atoms with Gasteiger partial charge in [0.15, 0.2) is 0 Å². The summed E-state index contributed by atoms with van der Waals surface area (Å²) in [5.74, 6) is 0. The molecule has 0 spiro atoms. The number of hydrogen-bond donors (Lipinski definition) is 0. The first-order chi connectivity index (χ1) is 4.73. The van der Waals surface area contributed by atoms with Gasteiger partial charge in [0.1, 0.15) is 0 Å². The molecule has 0 aliphatic carbocycles. The summed E-state index contributed by atoms with van der Waals surface area (Å²) in [4.78, 5) is 0. The van der Waals surface area contributed by atoms with Crippen molar-refractivity contribution >= 4 is 7.54 Å². The van der Waals surface area contributed by atoms with Crippen LogP contribution in [-0.4, -0.2) is 28.2 Å². The first kappa shape index (κ1) is 8.79. The third-order valence-electron chi connectivity index (χ3n) is 0.343. The largest absolute Gasteiger partial charge is 0.762 e. The maximum Gasteiger partial charge on any atom is 0.762 e. The summed E-state index contributed by atoms with van der Waals surface area (Å²) in [5, 5.41) is 13.1. The predicted molar refractivity (Wildman–Crippen MR) is 26.7 cm³/mol. The maximum absolute atomic E-state index is 9.67. The highest BCUT2D eigenvalue weighted by Crippen LogP contribution is 1.80. The lowest BCUT2D eigenvalue weighted by Gasteiger charge is -1.67. The van der Waals surface area contributed by atoms with E-state index in [1.54, 1.807) is 0 Å². The zero-order valence-electron chi connectivity index (χ0n) is 4.65. The molecule has 1 heterocycles. The van der Waals surface area contributed by atoms with Gasteiger partial charge in [-0.2, -0.15) is 0 Å². The topological polar surface area (TPSA) is 51.6 Å². The molecule has 0 aliphatic heterocycles. The van der Waals surface area contributed by atoms with Crippen molar-refractivity contribution in [3.63, 3.8) is 0 Å². The van der Waals surface area contributed by atoms with Crippen LogP contribution in [0.15, 0.2) is 12.4 Å². The lowest BCUT2D eigenvalue weighted by Crippen LogP contribution is -1.84. The normalized spacial score (nSPS) is 7.50. The Kier molecular flexibility index (Phi) is 5.21. The molecule has 0 amide bonds. The minimum atomic E-state index is -3.67. The van der Waals surface area contributed by atoms with Crippen molar-refractivity contribution in [1.82, 2.24) is 20.6 Å². The minimum absolute atomic E-state index is 1.47. The standard InChI is InChI=1S/C2H2N4.BF3/c1-2-4-6-5-3-1;2-1(3)4/h1-2H;. The fourth-order valence-corrected chi connectivity index (χ4v) is 0.165. The molecule has 0 fully saturated rings. The zero-order valence-corrected chi connectivity index (χ0v) is 4.65. The summed E-state index contributed by atoms with van der Waals surface area (Å²) in [6.07, 6.45) is 2.93. The second-order valence-corrected chi connectivity index (χ2v) is 0.955. The highest BCUT2D eigenvalue weighted by Gasteiger charge is 2.06. The monoisotopic (exact) mass is 150 g/mol. The van der Waals surface area contributed by atoms with Crippen molar-refractivity contribution in [2.75, 3.05) is 0 Å². The van der Waals surface area contributed by atoms with Gasteiger partial charge in [0.25, 0.3) is 0 Å². The quantitative estimate of drug-likeness (QED) is 0.493. The Labute approximate surface area is 54.7 Å². The Hall–Kier alpha value is -1.21. The number of nitrogens with zero attached hydrogens (tertiary/aromatic N) is 4. The molecule has 0 saturated heterocycles. The van der Waals surface area contributed by atoms with Crippen molar-refractivity contribution in [2.45, 2.75) is 0 Å². The molecule has 0 aliphatic rings. The van der Waals surface area contributed by atoms with Crippen LogP contribution in [0.2, 0.25) is 0 Å². The summed E-state index contributed by atoms with van der Waals surface area (Å²) < 4.78 is 29.0. The summed E-state index contributed by atoms with van der Waals surface area (Å²) >= 11 is 0. The first-order valence-electron chi connectivity index (χ1n) is 2.10. The van der Waals surface area contributed by atoms with Crippen molar-refractivity contribution < 1.29 is 12.9 Å². The second kappa shape index (κ2) is 5.92. The van der Waals surface area contributed by atoms with Gasteiger partial charge in [0, 0.05) is 0 Å². The van der Waals surface area contributed by atoms with Crippen LogP contribution >= 0.6 is 0 Å². The van der Waals surface area contributed by atoms with E-state index in [0.717, 1.165) is 0 Å². The fourth-order valence-electron chi connectivity index (χ4n) is 0.165. The van der Waals surface area contributed by atoms with Gasteiger partial charge in [-0.15, -0.1) is 10.2 Å². The summed E-state index contributed by atoms with van der Waals surface area (Å²) in [7, 11) is -3.67. The molecule has 0 saturated carbocycles. The number of halogens is 3. The lowest BCUT2D eigenvalue weighted by molar-refractivity contribution is 0.535. The first-order valence-corrected chi connectivity index (χ1v) is 2.10. The van der Waals surface area contributed by atoms with E-state index in [9.17, 15) is 12.9 Å². The van der Waals surface area contributed by atoms with E-state index in [1.165, 1.54) is 12.4 Å². The van der Waals surface area contributed by atoms with Crippen LogP contribution in [0.5, 0.6) is 0 Å². The molecule has 0 radical (unpaired) electrons. The third-order valence-corrected chi connectivity index (χ3v) is 0.343. The molecular formula is C2H2BF3N4. The van der Waals surface area contributed by atoms with Crippen molar-refractivity contribution in [2.24, 2.45) is 0 Å². The molecule has 0 unspecified atom stereocenters. The molecule has 1 rings (SSSR count). The molecule has 1 aromatic heterocycles. The molecular weight excluding hydrogens is 148 g/mol. The van der Waals surface area contributed by atoms with Gasteiger partial charge in [0.2, 0.25) is 0 Å². The average Bonchev–Trinajstić information content (AvgIpc) is 1.90. The molecule has 0 bridgehead atoms. The number of aromatic nitrogens is 4. The minimum Gasteiger partial charge on any atom is -0.254 e. The van der Waals surface area contributed by atoms with Crippen LogP contribution in [0.4, 0.5) is 12.9 Å². The van der Waals surface area contributed by atoms with E-state index in [4.69, 9.17) is 0 Å². The van der Waals surface area contributed by atoms with Crippen molar-refractivity contribution in [3.8, 4) is 0 Å². The zero-order chi connectivity index (χ0) is 7.82. The van der Waals surface area contributed by atoms with E-state index < -0.39 is 7.54 Å². The number of hydrogen-bond acceptors (Lipinski definition) is 4. The van der Waals surface area contributed by atoms with Gasteiger partial charge < -0.3 is 0 Å². The van der Waals surface area contributed by atoms with Crippen LogP contribution in [0.25, 0.3) is 0 Å². The molecule has 54 valence electrons. The smallest absolute Gasteiger partial charge is 0.254 e. The van der Waals surface area contributed by atoms with Gasteiger partial charge in [-0.3, -0.25) is 12.9 Å². The Morgan fingerprint density at radius 3 is 1.30 bits per heavy atom. The summed E-state index contributed by atoms with van der Waals surface area (Å²) in [6.45, 7) is 0. The highest BCUT2D eigenvalue weighted by atomic mass is 19.4. The van der Waals surface area contributed by atoms with Crippen LogP contribution in [0.3, 0.4) is 0 Å². The van der Waals surface area contributed by atoms with Gasteiger partial charge in [-0.1, -0.05) is 0 Å². The van der Waals surface area contributed by atoms with Gasteiger partial charge in [-0.05, 0) is 10.4 Å². The van der Waals surface area contributed by atoms with E-state index in [-0.39, 0.29) is 0 Å². The Balaban J connectivity index is 0.000000180. The second-order valence-electron chi connectivity index (χ2n) is 0.955. The molecule has 10 heavy (non-hydrogen) atoms. The number of rotatable bonds is 0. The molecule has 0 atom stereocenters. The van der Waals surface area contributed by atoms with E-state index in [0.29, 0.717) is 0 Å².